The average Bonchev–Trinajstić information content (AvgIpc) is 2.90. The van der Waals surface area contributed by atoms with E-state index >= 15 is 0 Å². The van der Waals surface area contributed by atoms with Crippen molar-refractivity contribution in [2.24, 2.45) is 0 Å². The molecule has 0 radical (unpaired) electrons. The number of benzene rings is 1. The Morgan fingerprint density at radius 2 is 2.10 bits per heavy atom. The quantitative estimate of drug-likeness (QED) is 0.931. The molecule has 0 aliphatic carbocycles. The first-order valence-corrected chi connectivity index (χ1v) is 6.77. The van der Waals surface area contributed by atoms with E-state index in [1.807, 2.05) is 24.3 Å². The predicted molar refractivity (Wildman–Crippen MR) is 75.7 cm³/mol. The van der Waals surface area contributed by atoms with E-state index in [-0.39, 0.29) is 0 Å². The van der Waals surface area contributed by atoms with Gasteiger partial charge in [-0.25, -0.2) is 0 Å². The molecule has 0 bridgehead atoms. The molecule has 3 rings (SSSR count). The fraction of sp³-hybridized carbons (Fsp3) is 0.400. The largest absolute Gasteiger partial charge is 0.497 e. The number of hydrogen-bond donors (Lipinski definition) is 1. The van der Waals surface area contributed by atoms with Crippen LogP contribution in [0.1, 0.15) is 24.5 Å². The molecule has 1 fully saturated rings. The molecule has 5 heteroatoms. The summed E-state index contributed by atoms with van der Waals surface area (Å²) in [6, 6.07) is 7.79. The third kappa shape index (κ3) is 2.36. The molecule has 0 amide bonds. The molecule has 106 valence electrons. The van der Waals surface area contributed by atoms with Crippen LogP contribution in [0.3, 0.4) is 0 Å². The average molecular weight is 274 g/mol. The second-order valence-electron chi connectivity index (χ2n) is 4.93. The number of nitrogen functional groups attached to an aromatic ring is 1. The van der Waals surface area contributed by atoms with Crippen molar-refractivity contribution in [1.82, 2.24) is 5.16 Å². The Morgan fingerprint density at radius 1 is 1.30 bits per heavy atom. The van der Waals surface area contributed by atoms with Gasteiger partial charge in [0.05, 0.1) is 12.7 Å². The molecular formula is C15H18N2O3. The standard InChI is InChI=1S/C15H18N2O3/c1-18-12-4-2-3-11(9-12)13-14(20-17-15(13)16)10-5-7-19-8-6-10/h2-4,9-10H,5-8H2,1H3,(H2,16,17). The third-order valence-electron chi connectivity index (χ3n) is 3.70. The molecule has 2 heterocycles. The molecule has 1 aromatic carbocycles. The van der Waals surface area contributed by atoms with Crippen molar-refractivity contribution >= 4 is 5.82 Å². The fourth-order valence-electron chi connectivity index (χ4n) is 2.62. The Labute approximate surface area is 117 Å². The molecule has 0 spiro atoms. The Hall–Kier alpha value is -2.01. The zero-order valence-electron chi connectivity index (χ0n) is 11.5. The topological polar surface area (TPSA) is 70.5 Å². The van der Waals surface area contributed by atoms with E-state index in [0.29, 0.717) is 11.7 Å². The summed E-state index contributed by atoms with van der Waals surface area (Å²) in [5.74, 6) is 2.40. The van der Waals surface area contributed by atoms with Crippen LogP contribution in [0.4, 0.5) is 5.82 Å². The highest BCUT2D eigenvalue weighted by molar-refractivity contribution is 5.76. The van der Waals surface area contributed by atoms with E-state index in [1.54, 1.807) is 7.11 Å². The zero-order valence-corrected chi connectivity index (χ0v) is 11.5. The lowest BCUT2D eigenvalue weighted by molar-refractivity contribution is 0.0792. The summed E-state index contributed by atoms with van der Waals surface area (Å²) in [5.41, 5.74) is 7.86. The first-order chi connectivity index (χ1) is 9.79. The molecule has 5 nitrogen and oxygen atoms in total. The second-order valence-corrected chi connectivity index (χ2v) is 4.93. The molecule has 2 aromatic rings. The highest BCUT2D eigenvalue weighted by Crippen LogP contribution is 2.39. The van der Waals surface area contributed by atoms with Crippen molar-refractivity contribution in [3.05, 3.63) is 30.0 Å². The number of anilines is 1. The van der Waals surface area contributed by atoms with Gasteiger partial charge in [0.15, 0.2) is 5.82 Å². The van der Waals surface area contributed by atoms with Crippen molar-refractivity contribution in [2.75, 3.05) is 26.1 Å². The maximum atomic E-state index is 5.99. The summed E-state index contributed by atoms with van der Waals surface area (Å²) in [6.45, 7) is 1.51. The Kier molecular flexibility index (Phi) is 3.60. The first-order valence-electron chi connectivity index (χ1n) is 6.77. The van der Waals surface area contributed by atoms with Gasteiger partial charge in [0.25, 0.3) is 0 Å². The van der Waals surface area contributed by atoms with Gasteiger partial charge in [-0.05, 0) is 30.5 Å². The minimum atomic E-state index is 0.315. The molecule has 2 N–H and O–H groups in total. The normalized spacial score (nSPS) is 16.2. The van der Waals surface area contributed by atoms with Crippen LogP contribution >= 0.6 is 0 Å². The van der Waals surface area contributed by atoms with Crippen molar-refractivity contribution in [2.45, 2.75) is 18.8 Å². The summed E-state index contributed by atoms with van der Waals surface area (Å²) in [4.78, 5) is 0. The lowest BCUT2D eigenvalue weighted by Crippen LogP contribution is -2.14. The molecule has 0 unspecified atom stereocenters. The number of ether oxygens (including phenoxy) is 2. The van der Waals surface area contributed by atoms with Gasteiger partial charge in [0.1, 0.15) is 11.5 Å². The maximum Gasteiger partial charge on any atom is 0.175 e. The number of hydrogen-bond acceptors (Lipinski definition) is 5. The number of nitrogens with zero attached hydrogens (tertiary/aromatic N) is 1. The summed E-state index contributed by atoms with van der Waals surface area (Å²) < 4.78 is 16.2. The molecule has 1 aromatic heterocycles. The number of methoxy groups -OCH3 is 1. The molecule has 1 saturated heterocycles. The van der Waals surface area contributed by atoms with Gasteiger partial charge in [0.2, 0.25) is 0 Å². The van der Waals surface area contributed by atoms with Gasteiger partial charge in [0, 0.05) is 19.1 Å². The predicted octanol–water partition coefficient (Wildman–Crippen LogP) is 2.83. The summed E-state index contributed by atoms with van der Waals surface area (Å²) in [5, 5.41) is 3.94. The molecule has 1 aliphatic rings. The molecular weight excluding hydrogens is 256 g/mol. The van der Waals surface area contributed by atoms with Gasteiger partial charge < -0.3 is 19.7 Å². The SMILES string of the molecule is COc1cccc(-c2c(N)noc2C2CCOCC2)c1. The van der Waals surface area contributed by atoms with E-state index in [0.717, 1.165) is 48.7 Å². The third-order valence-corrected chi connectivity index (χ3v) is 3.70. The molecule has 1 aliphatic heterocycles. The van der Waals surface area contributed by atoms with Crippen LogP contribution in [0, 0.1) is 0 Å². The van der Waals surface area contributed by atoms with Gasteiger partial charge in [-0.3, -0.25) is 0 Å². The van der Waals surface area contributed by atoms with Gasteiger partial charge in [-0.15, -0.1) is 0 Å². The van der Waals surface area contributed by atoms with Crippen LogP contribution in [0.15, 0.2) is 28.8 Å². The summed E-state index contributed by atoms with van der Waals surface area (Å²) >= 11 is 0. The minimum Gasteiger partial charge on any atom is -0.497 e. The molecule has 0 atom stereocenters. The molecule has 0 saturated carbocycles. The van der Waals surface area contributed by atoms with Crippen LogP contribution in [0.25, 0.3) is 11.1 Å². The lowest BCUT2D eigenvalue weighted by Gasteiger charge is -2.20. The summed E-state index contributed by atoms with van der Waals surface area (Å²) in [6.07, 6.45) is 1.87. The lowest BCUT2D eigenvalue weighted by atomic mass is 9.92. The van der Waals surface area contributed by atoms with Crippen LogP contribution in [-0.2, 0) is 4.74 Å². The van der Waals surface area contributed by atoms with Crippen LogP contribution in [0.2, 0.25) is 0 Å². The van der Waals surface area contributed by atoms with Crippen LogP contribution in [0.5, 0.6) is 5.75 Å². The van der Waals surface area contributed by atoms with Crippen molar-refractivity contribution < 1.29 is 14.0 Å². The highest BCUT2D eigenvalue weighted by atomic mass is 16.5. The Morgan fingerprint density at radius 3 is 2.85 bits per heavy atom. The second kappa shape index (κ2) is 5.54. The fourth-order valence-corrected chi connectivity index (χ4v) is 2.62. The van der Waals surface area contributed by atoms with Gasteiger partial charge in [-0.2, -0.15) is 0 Å². The van der Waals surface area contributed by atoms with E-state index in [1.165, 1.54) is 0 Å². The number of rotatable bonds is 3. The maximum absolute atomic E-state index is 5.99. The van der Waals surface area contributed by atoms with Crippen molar-refractivity contribution in [1.29, 1.82) is 0 Å². The van der Waals surface area contributed by atoms with Crippen molar-refractivity contribution in [3.8, 4) is 16.9 Å². The minimum absolute atomic E-state index is 0.315. The molecule has 20 heavy (non-hydrogen) atoms. The monoisotopic (exact) mass is 274 g/mol. The Balaban J connectivity index is 2.01. The van der Waals surface area contributed by atoms with Crippen molar-refractivity contribution in [3.63, 3.8) is 0 Å². The number of aromatic nitrogens is 1. The zero-order chi connectivity index (χ0) is 13.9. The smallest absolute Gasteiger partial charge is 0.175 e. The van der Waals surface area contributed by atoms with Crippen LogP contribution < -0.4 is 10.5 Å². The van der Waals surface area contributed by atoms with E-state index in [4.69, 9.17) is 19.7 Å². The number of nitrogens with two attached hydrogens (primary N) is 1. The highest BCUT2D eigenvalue weighted by Gasteiger charge is 2.26. The van der Waals surface area contributed by atoms with E-state index in [2.05, 4.69) is 5.16 Å². The van der Waals surface area contributed by atoms with Gasteiger partial charge in [-0.1, -0.05) is 17.3 Å². The Bertz CT molecular complexity index is 589. The van der Waals surface area contributed by atoms with E-state index in [9.17, 15) is 0 Å². The summed E-state index contributed by atoms with van der Waals surface area (Å²) in [7, 11) is 1.65. The van der Waals surface area contributed by atoms with Crippen LogP contribution in [-0.4, -0.2) is 25.5 Å². The van der Waals surface area contributed by atoms with E-state index < -0.39 is 0 Å². The van der Waals surface area contributed by atoms with Gasteiger partial charge >= 0.3 is 0 Å². The first kappa shape index (κ1) is 13.0.